The Balaban J connectivity index is 2.07. The van der Waals surface area contributed by atoms with E-state index in [-0.39, 0.29) is 0 Å². The van der Waals surface area contributed by atoms with Gasteiger partial charge in [0, 0.05) is 30.1 Å². The van der Waals surface area contributed by atoms with Crippen LogP contribution in [-0.4, -0.2) is 24.2 Å². The Bertz CT molecular complexity index is 299. The molecule has 1 atom stereocenters. The van der Waals surface area contributed by atoms with Crippen molar-refractivity contribution < 1.29 is 4.74 Å². The van der Waals surface area contributed by atoms with Crippen molar-refractivity contribution in [3.63, 3.8) is 0 Å². The maximum absolute atomic E-state index is 5.83. The lowest BCUT2D eigenvalue weighted by Gasteiger charge is -2.13. The zero-order valence-corrected chi connectivity index (χ0v) is 8.71. The Kier molecular flexibility index (Phi) is 2.68. The lowest BCUT2D eigenvalue weighted by atomic mass is 10.3. The van der Waals surface area contributed by atoms with E-state index < -0.39 is 0 Å². The van der Waals surface area contributed by atoms with Gasteiger partial charge >= 0.3 is 0 Å². The Morgan fingerprint density at radius 2 is 2.07 bits per heavy atom. The fourth-order valence-corrected chi connectivity index (χ4v) is 1.79. The molecule has 0 unspecified atom stereocenters. The number of hydrogen-bond donors (Lipinski definition) is 1. The monoisotopic (exact) mass is 192 g/mol. The SMILES string of the molecule is Cc1cc(O[C@H]2CCNC2)cc(C)n1. The van der Waals surface area contributed by atoms with Crippen molar-refractivity contribution in [3.8, 4) is 5.75 Å². The highest BCUT2D eigenvalue weighted by molar-refractivity contribution is 5.26. The summed E-state index contributed by atoms with van der Waals surface area (Å²) in [5.41, 5.74) is 2.04. The molecule has 0 bridgehead atoms. The van der Waals surface area contributed by atoms with Crippen molar-refractivity contribution in [2.45, 2.75) is 26.4 Å². The molecule has 14 heavy (non-hydrogen) atoms. The molecular weight excluding hydrogens is 176 g/mol. The minimum Gasteiger partial charge on any atom is -0.489 e. The molecule has 0 amide bonds. The van der Waals surface area contributed by atoms with Gasteiger partial charge < -0.3 is 10.1 Å². The predicted molar refractivity (Wildman–Crippen MR) is 55.6 cm³/mol. The van der Waals surface area contributed by atoms with Crippen LogP contribution in [0.15, 0.2) is 12.1 Å². The van der Waals surface area contributed by atoms with Crippen LogP contribution in [0.4, 0.5) is 0 Å². The van der Waals surface area contributed by atoms with Gasteiger partial charge in [-0.25, -0.2) is 0 Å². The van der Waals surface area contributed by atoms with Gasteiger partial charge in [0.15, 0.2) is 0 Å². The zero-order chi connectivity index (χ0) is 9.97. The highest BCUT2D eigenvalue weighted by atomic mass is 16.5. The van der Waals surface area contributed by atoms with Crippen molar-refractivity contribution in [2.75, 3.05) is 13.1 Å². The van der Waals surface area contributed by atoms with E-state index in [2.05, 4.69) is 10.3 Å². The van der Waals surface area contributed by atoms with Crippen molar-refractivity contribution in [1.82, 2.24) is 10.3 Å². The molecule has 76 valence electrons. The summed E-state index contributed by atoms with van der Waals surface area (Å²) in [7, 11) is 0. The normalized spacial score (nSPS) is 21.1. The molecule has 0 aromatic carbocycles. The molecule has 1 N–H and O–H groups in total. The molecule has 1 aliphatic heterocycles. The maximum atomic E-state index is 5.83. The van der Waals surface area contributed by atoms with E-state index >= 15 is 0 Å². The van der Waals surface area contributed by atoms with Crippen LogP contribution < -0.4 is 10.1 Å². The first kappa shape index (κ1) is 9.46. The standard InChI is InChI=1S/C11H16N2O/c1-8-5-11(6-9(2)13-8)14-10-3-4-12-7-10/h5-6,10,12H,3-4,7H2,1-2H3/t10-/m0/s1. The molecule has 1 saturated heterocycles. The molecule has 0 aliphatic carbocycles. The van der Waals surface area contributed by atoms with Crippen molar-refractivity contribution in [3.05, 3.63) is 23.5 Å². The van der Waals surface area contributed by atoms with Crippen molar-refractivity contribution in [2.24, 2.45) is 0 Å². The lowest BCUT2D eigenvalue weighted by Crippen LogP contribution is -2.19. The molecule has 3 heteroatoms. The van der Waals surface area contributed by atoms with Crippen molar-refractivity contribution >= 4 is 0 Å². The summed E-state index contributed by atoms with van der Waals surface area (Å²) in [6.45, 7) is 6.01. The van der Waals surface area contributed by atoms with E-state index in [0.717, 1.165) is 36.6 Å². The van der Waals surface area contributed by atoms with Gasteiger partial charge in [0.05, 0.1) is 0 Å². The summed E-state index contributed by atoms with van der Waals surface area (Å²) in [5.74, 6) is 0.948. The van der Waals surface area contributed by atoms with Gasteiger partial charge in [0.2, 0.25) is 0 Å². The number of ether oxygens (including phenoxy) is 1. The van der Waals surface area contributed by atoms with Gasteiger partial charge in [-0.1, -0.05) is 0 Å². The molecule has 3 nitrogen and oxygen atoms in total. The number of nitrogens with zero attached hydrogens (tertiary/aromatic N) is 1. The minimum absolute atomic E-state index is 0.330. The first-order chi connectivity index (χ1) is 6.74. The third-order valence-electron chi connectivity index (χ3n) is 2.37. The summed E-state index contributed by atoms with van der Waals surface area (Å²) in [6.07, 6.45) is 1.43. The third kappa shape index (κ3) is 2.23. The second-order valence-electron chi connectivity index (χ2n) is 3.82. The van der Waals surface area contributed by atoms with E-state index in [1.54, 1.807) is 0 Å². The maximum Gasteiger partial charge on any atom is 0.123 e. The van der Waals surface area contributed by atoms with Gasteiger partial charge in [-0.3, -0.25) is 4.98 Å². The van der Waals surface area contributed by atoms with Gasteiger partial charge in [0.1, 0.15) is 11.9 Å². The summed E-state index contributed by atoms with van der Waals surface area (Å²) < 4.78 is 5.83. The highest BCUT2D eigenvalue weighted by Crippen LogP contribution is 2.17. The van der Waals surface area contributed by atoms with Gasteiger partial charge in [-0.05, 0) is 26.8 Å². The topological polar surface area (TPSA) is 34.1 Å². The van der Waals surface area contributed by atoms with Crippen LogP contribution in [-0.2, 0) is 0 Å². The number of aromatic nitrogens is 1. The Hall–Kier alpha value is -1.09. The quantitative estimate of drug-likeness (QED) is 0.770. The molecule has 0 spiro atoms. The van der Waals surface area contributed by atoms with E-state index in [9.17, 15) is 0 Å². The largest absolute Gasteiger partial charge is 0.489 e. The van der Waals surface area contributed by atoms with Crippen LogP contribution in [0.1, 0.15) is 17.8 Å². The number of nitrogens with one attached hydrogen (secondary N) is 1. The second kappa shape index (κ2) is 3.96. The second-order valence-corrected chi connectivity index (χ2v) is 3.82. The summed E-state index contributed by atoms with van der Waals surface area (Å²) in [5, 5.41) is 3.28. The molecule has 1 fully saturated rings. The molecular formula is C11H16N2O. The smallest absolute Gasteiger partial charge is 0.123 e. The van der Waals surface area contributed by atoms with Crippen LogP contribution >= 0.6 is 0 Å². The average Bonchev–Trinajstić information content (AvgIpc) is 2.54. The lowest BCUT2D eigenvalue weighted by molar-refractivity contribution is 0.222. The van der Waals surface area contributed by atoms with E-state index in [1.807, 2.05) is 26.0 Å². The van der Waals surface area contributed by atoms with Gasteiger partial charge in [0.25, 0.3) is 0 Å². The number of rotatable bonds is 2. The predicted octanol–water partition coefficient (Wildman–Crippen LogP) is 1.44. The van der Waals surface area contributed by atoms with E-state index in [4.69, 9.17) is 4.74 Å². The molecule has 2 heterocycles. The first-order valence-electron chi connectivity index (χ1n) is 5.07. The van der Waals surface area contributed by atoms with Gasteiger partial charge in [-0.2, -0.15) is 0 Å². The molecule has 0 radical (unpaired) electrons. The Labute approximate surface area is 84.5 Å². The summed E-state index contributed by atoms with van der Waals surface area (Å²) in [4.78, 5) is 4.31. The van der Waals surface area contributed by atoms with E-state index in [1.165, 1.54) is 0 Å². The molecule has 1 aromatic rings. The minimum atomic E-state index is 0.330. The van der Waals surface area contributed by atoms with Crippen LogP contribution in [0, 0.1) is 13.8 Å². The Morgan fingerprint density at radius 3 is 2.64 bits per heavy atom. The number of pyridine rings is 1. The van der Waals surface area contributed by atoms with Gasteiger partial charge in [-0.15, -0.1) is 0 Å². The molecule has 0 saturated carbocycles. The van der Waals surface area contributed by atoms with Crippen LogP contribution in [0.3, 0.4) is 0 Å². The van der Waals surface area contributed by atoms with Crippen LogP contribution in [0.5, 0.6) is 5.75 Å². The number of aryl methyl sites for hydroxylation is 2. The van der Waals surface area contributed by atoms with E-state index in [0.29, 0.717) is 6.10 Å². The third-order valence-corrected chi connectivity index (χ3v) is 2.37. The molecule has 2 rings (SSSR count). The first-order valence-corrected chi connectivity index (χ1v) is 5.07. The summed E-state index contributed by atoms with van der Waals surface area (Å²) >= 11 is 0. The Morgan fingerprint density at radius 1 is 1.36 bits per heavy atom. The van der Waals surface area contributed by atoms with Crippen LogP contribution in [0.25, 0.3) is 0 Å². The van der Waals surface area contributed by atoms with Crippen LogP contribution in [0.2, 0.25) is 0 Å². The fraction of sp³-hybridized carbons (Fsp3) is 0.545. The van der Waals surface area contributed by atoms with Crippen molar-refractivity contribution in [1.29, 1.82) is 0 Å². The number of hydrogen-bond acceptors (Lipinski definition) is 3. The zero-order valence-electron chi connectivity index (χ0n) is 8.71. The fourth-order valence-electron chi connectivity index (χ4n) is 1.79. The average molecular weight is 192 g/mol. The summed E-state index contributed by atoms with van der Waals surface area (Å²) in [6, 6.07) is 3.98. The molecule has 1 aliphatic rings. The highest BCUT2D eigenvalue weighted by Gasteiger charge is 2.15. The molecule has 1 aromatic heterocycles.